The number of rotatable bonds is 6. The molecule has 0 bridgehead atoms. The molecule has 0 radical (unpaired) electrons. The topological polar surface area (TPSA) is 47.4 Å². The van der Waals surface area contributed by atoms with E-state index in [1.807, 2.05) is 13.0 Å². The summed E-state index contributed by atoms with van der Waals surface area (Å²) in [4.78, 5) is 14.3. The summed E-state index contributed by atoms with van der Waals surface area (Å²) in [6, 6.07) is 16.7. The van der Waals surface area contributed by atoms with Gasteiger partial charge in [0, 0.05) is 23.9 Å². The Balaban J connectivity index is 1.51. The van der Waals surface area contributed by atoms with Gasteiger partial charge in [-0.3, -0.25) is 4.79 Å². The molecule has 1 unspecified atom stereocenters. The molecule has 2 heterocycles. The van der Waals surface area contributed by atoms with Crippen LogP contribution >= 0.6 is 0 Å². The summed E-state index contributed by atoms with van der Waals surface area (Å²) in [6.07, 6.45) is 1.27. The lowest BCUT2D eigenvalue weighted by atomic mass is 10.1. The summed E-state index contributed by atoms with van der Waals surface area (Å²) in [7, 11) is 0. The van der Waals surface area contributed by atoms with Crippen LogP contribution in [0.15, 0.2) is 72.9 Å². The highest BCUT2D eigenvalue weighted by Crippen LogP contribution is 2.35. The summed E-state index contributed by atoms with van der Waals surface area (Å²) in [5.74, 6) is -1.30. The Morgan fingerprint density at radius 2 is 1.66 bits per heavy atom. The molecule has 1 atom stereocenters. The number of amides is 1. The number of aryl methyl sites for hydroxylation is 1. The van der Waals surface area contributed by atoms with Crippen LogP contribution in [0.5, 0.6) is 0 Å². The number of ether oxygens (including phenoxy) is 1. The first kappa shape index (κ1) is 22.9. The fourth-order valence-electron chi connectivity index (χ4n) is 4.18. The number of benzene rings is 3. The molecule has 1 aliphatic rings. The molecule has 3 aromatic carbocycles. The number of carbonyl (C=O) groups is 1. The van der Waals surface area contributed by atoms with Gasteiger partial charge in [-0.1, -0.05) is 12.1 Å². The van der Waals surface area contributed by atoms with E-state index in [0.717, 1.165) is 5.56 Å². The first-order chi connectivity index (χ1) is 16.9. The maximum atomic E-state index is 14.4. The zero-order valence-electron chi connectivity index (χ0n) is 18.9. The van der Waals surface area contributed by atoms with Gasteiger partial charge in [0.2, 0.25) is 0 Å². The zero-order valence-corrected chi connectivity index (χ0v) is 18.9. The largest absolute Gasteiger partial charge is 0.344 e. The predicted octanol–water partition coefficient (Wildman–Crippen LogP) is 5.37. The lowest BCUT2D eigenvalue weighted by Crippen LogP contribution is -2.31. The molecule has 1 aromatic heterocycles. The Kier molecular flexibility index (Phi) is 6.13. The minimum absolute atomic E-state index is 0.119. The van der Waals surface area contributed by atoms with E-state index < -0.39 is 6.23 Å². The van der Waals surface area contributed by atoms with Crippen LogP contribution in [0.2, 0.25) is 0 Å². The van der Waals surface area contributed by atoms with Gasteiger partial charge in [-0.2, -0.15) is 5.10 Å². The van der Waals surface area contributed by atoms with E-state index in [1.165, 1.54) is 30.3 Å². The van der Waals surface area contributed by atoms with E-state index in [4.69, 9.17) is 4.74 Å². The van der Waals surface area contributed by atoms with Gasteiger partial charge in [-0.15, -0.1) is 0 Å². The third-order valence-corrected chi connectivity index (χ3v) is 6.02. The second-order valence-electron chi connectivity index (χ2n) is 8.46. The maximum absolute atomic E-state index is 14.4. The van der Waals surface area contributed by atoms with Crippen LogP contribution in [-0.4, -0.2) is 33.7 Å². The van der Waals surface area contributed by atoms with Gasteiger partial charge in [0.15, 0.2) is 6.23 Å². The molecular weight excluding hydrogens is 455 g/mol. The standard InChI is InChI=1S/C27H22F3N3O2/c1-17-2-3-18(24(30)14-17)12-13-32-25(34)16-35-27(32)23-15-33(22-10-8-21(29)9-11-22)31-26(23)19-4-6-20(28)7-5-19/h2-11,14-15,27H,12-13,16H2,1H3. The molecule has 4 aromatic rings. The van der Waals surface area contributed by atoms with Crippen LogP contribution in [0.4, 0.5) is 13.2 Å². The van der Waals surface area contributed by atoms with E-state index >= 15 is 0 Å². The van der Waals surface area contributed by atoms with E-state index in [2.05, 4.69) is 5.10 Å². The summed E-state index contributed by atoms with van der Waals surface area (Å²) in [5, 5.41) is 4.65. The van der Waals surface area contributed by atoms with Gasteiger partial charge < -0.3 is 9.64 Å². The summed E-state index contributed by atoms with van der Waals surface area (Å²) in [5.41, 5.74) is 3.67. The molecular formula is C27H22F3N3O2. The second kappa shape index (κ2) is 9.38. The second-order valence-corrected chi connectivity index (χ2v) is 8.46. The Labute approximate surface area is 200 Å². The molecule has 5 rings (SSSR count). The van der Waals surface area contributed by atoms with Crippen molar-refractivity contribution in [3.63, 3.8) is 0 Å². The number of carbonyl (C=O) groups excluding carboxylic acids is 1. The first-order valence-corrected chi connectivity index (χ1v) is 11.2. The van der Waals surface area contributed by atoms with Gasteiger partial charge in [0.1, 0.15) is 29.8 Å². The van der Waals surface area contributed by atoms with Crippen LogP contribution < -0.4 is 0 Å². The number of nitrogens with zero attached hydrogens (tertiary/aromatic N) is 3. The van der Waals surface area contributed by atoms with Crippen molar-refractivity contribution in [1.29, 1.82) is 0 Å². The quantitative estimate of drug-likeness (QED) is 0.375. The maximum Gasteiger partial charge on any atom is 0.250 e. The SMILES string of the molecule is Cc1ccc(CCN2C(=O)COC2c2cn(-c3ccc(F)cc3)nc2-c2ccc(F)cc2)c(F)c1. The number of hydrogen-bond donors (Lipinski definition) is 0. The van der Waals surface area contributed by atoms with Crippen LogP contribution in [0, 0.1) is 24.4 Å². The van der Waals surface area contributed by atoms with Gasteiger partial charge in [-0.05, 0) is 79.1 Å². The van der Waals surface area contributed by atoms with Gasteiger partial charge in [0.25, 0.3) is 5.91 Å². The summed E-state index contributed by atoms with van der Waals surface area (Å²) >= 11 is 0. The van der Waals surface area contributed by atoms with E-state index in [-0.39, 0.29) is 36.5 Å². The van der Waals surface area contributed by atoms with E-state index in [1.54, 1.807) is 46.1 Å². The Morgan fingerprint density at radius 3 is 2.34 bits per heavy atom. The number of hydrogen-bond acceptors (Lipinski definition) is 3. The minimum atomic E-state index is -0.759. The lowest BCUT2D eigenvalue weighted by molar-refractivity contribution is -0.128. The van der Waals surface area contributed by atoms with Crippen molar-refractivity contribution in [3.8, 4) is 16.9 Å². The number of aromatic nitrogens is 2. The third kappa shape index (κ3) is 4.70. The lowest BCUT2D eigenvalue weighted by Gasteiger charge is -2.23. The molecule has 35 heavy (non-hydrogen) atoms. The van der Waals surface area contributed by atoms with Crippen LogP contribution in [0.1, 0.15) is 22.9 Å². The molecule has 178 valence electrons. The molecule has 1 fully saturated rings. The third-order valence-electron chi connectivity index (χ3n) is 6.02. The van der Waals surface area contributed by atoms with Crippen molar-refractivity contribution in [2.75, 3.05) is 13.2 Å². The van der Waals surface area contributed by atoms with Gasteiger partial charge >= 0.3 is 0 Å². The Morgan fingerprint density at radius 1 is 0.971 bits per heavy atom. The molecule has 0 spiro atoms. The molecule has 1 amide bonds. The van der Waals surface area contributed by atoms with Crippen molar-refractivity contribution in [2.24, 2.45) is 0 Å². The van der Waals surface area contributed by atoms with E-state index in [0.29, 0.717) is 34.5 Å². The summed E-state index contributed by atoms with van der Waals surface area (Å²) in [6.45, 7) is 1.94. The first-order valence-electron chi connectivity index (χ1n) is 11.2. The molecule has 1 saturated heterocycles. The van der Waals surface area contributed by atoms with Gasteiger partial charge in [0.05, 0.1) is 5.69 Å². The zero-order chi connectivity index (χ0) is 24.5. The molecule has 1 aliphatic heterocycles. The molecule has 0 aliphatic carbocycles. The van der Waals surface area contributed by atoms with Crippen molar-refractivity contribution in [1.82, 2.24) is 14.7 Å². The van der Waals surface area contributed by atoms with Gasteiger partial charge in [-0.25, -0.2) is 17.9 Å². The number of halogens is 3. The predicted molar refractivity (Wildman–Crippen MR) is 124 cm³/mol. The van der Waals surface area contributed by atoms with Crippen molar-refractivity contribution < 1.29 is 22.7 Å². The van der Waals surface area contributed by atoms with E-state index in [9.17, 15) is 18.0 Å². The van der Waals surface area contributed by atoms with Crippen LogP contribution in [0.25, 0.3) is 16.9 Å². The average molecular weight is 477 g/mol. The summed E-state index contributed by atoms with van der Waals surface area (Å²) < 4.78 is 48.8. The monoisotopic (exact) mass is 477 g/mol. The fourth-order valence-corrected chi connectivity index (χ4v) is 4.18. The average Bonchev–Trinajstić information content (AvgIpc) is 3.43. The highest BCUT2D eigenvalue weighted by Gasteiger charge is 2.36. The Hall–Kier alpha value is -3.91. The van der Waals surface area contributed by atoms with Crippen LogP contribution in [-0.2, 0) is 16.0 Å². The molecule has 0 N–H and O–H groups in total. The molecule has 5 nitrogen and oxygen atoms in total. The smallest absolute Gasteiger partial charge is 0.250 e. The highest BCUT2D eigenvalue weighted by molar-refractivity contribution is 5.80. The van der Waals surface area contributed by atoms with Crippen molar-refractivity contribution in [2.45, 2.75) is 19.6 Å². The Bertz CT molecular complexity index is 1370. The fraction of sp³-hybridized carbons (Fsp3) is 0.185. The van der Waals surface area contributed by atoms with Crippen molar-refractivity contribution in [3.05, 3.63) is 107 Å². The van der Waals surface area contributed by atoms with Crippen molar-refractivity contribution >= 4 is 5.91 Å². The molecule has 0 saturated carbocycles. The normalized spacial score (nSPS) is 15.7. The van der Waals surface area contributed by atoms with Crippen LogP contribution in [0.3, 0.4) is 0 Å². The highest BCUT2D eigenvalue weighted by atomic mass is 19.1. The molecule has 8 heteroatoms. The minimum Gasteiger partial charge on any atom is -0.344 e.